The van der Waals surface area contributed by atoms with Crippen LogP contribution in [0.25, 0.3) is 0 Å². The van der Waals surface area contributed by atoms with Crippen LogP contribution in [0.4, 0.5) is 26.3 Å². The molecule has 2 heterocycles. The Hall–Kier alpha value is -1.06. The Morgan fingerprint density at radius 2 is 1.14 bits per heavy atom. The van der Waals surface area contributed by atoms with Crippen LogP contribution in [-0.2, 0) is 43.6 Å². The maximum Gasteiger partial charge on any atom is 2.00 e. The number of alkyl halides is 6. The van der Waals surface area contributed by atoms with Gasteiger partial charge in [0.25, 0.3) is 0 Å². The molecule has 0 amide bonds. The SMILES string of the molecule is CN1CCN(C)CCN(Cc2ccccn2)CC1.O=S(=O)([O-])C(F)(F)F.O=S(=O)([O-])C(F)(F)F.[Co+2]. The summed E-state index contributed by atoms with van der Waals surface area (Å²) >= 11 is 0. The predicted molar refractivity (Wildman–Crippen MR) is 106 cm³/mol. The zero-order chi connectivity index (χ0) is 26.8. The molecule has 35 heavy (non-hydrogen) atoms. The Kier molecular flexibility index (Phi) is 15.7. The van der Waals surface area contributed by atoms with Crippen molar-refractivity contribution >= 4 is 20.2 Å². The third kappa shape index (κ3) is 16.3. The minimum atomic E-state index is -6.09. The van der Waals surface area contributed by atoms with E-state index in [0.29, 0.717) is 0 Å². The predicted octanol–water partition coefficient (Wildman–Crippen LogP) is 0.861. The van der Waals surface area contributed by atoms with Gasteiger partial charge in [0.15, 0.2) is 20.2 Å². The molecule has 1 aromatic rings. The number of hydrogen-bond acceptors (Lipinski definition) is 10. The van der Waals surface area contributed by atoms with Gasteiger partial charge in [-0.1, -0.05) is 6.07 Å². The van der Waals surface area contributed by atoms with E-state index in [0.717, 1.165) is 45.8 Å². The van der Waals surface area contributed by atoms with Crippen molar-refractivity contribution < 1.29 is 69.1 Å². The summed E-state index contributed by atoms with van der Waals surface area (Å²) in [5.41, 5.74) is -10.1. The molecule has 0 N–H and O–H groups in total. The molecule has 0 unspecified atom stereocenters. The first kappa shape index (κ1) is 36.1. The van der Waals surface area contributed by atoms with E-state index in [1.54, 1.807) is 0 Å². The van der Waals surface area contributed by atoms with E-state index in [-0.39, 0.29) is 16.8 Å². The first-order valence-corrected chi connectivity index (χ1v) is 12.1. The van der Waals surface area contributed by atoms with Gasteiger partial charge in [0.05, 0.1) is 5.69 Å². The van der Waals surface area contributed by atoms with Crippen molar-refractivity contribution in [3.63, 3.8) is 0 Å². The van der Waals surface area contributed by atoms with Crippen LogP contribution in [0.5, 0.6) is 0 Å². The number of likely N-dealkylation sites (N-methyl/N-ethyl adjacent to an activating group) is 2. The molecule has 1 radical (unpaired) electrons. The molecule has 1 fully saturated rings. The van der Waals surface area contributed by atoms with Crippen molar-refractivity contribution in [3.8, 4) is 0 Å². The molecule has 0 aromatic carbocycles. The molecule has 2 rings (SSSR count). The van der Waals surface area contributed by atoms with Gasteiger partial charge in [-0.15, -0.1) is 0 Å². The summed E-state index contributed by atoms with van der Waals surface area (Å²) in [6, 6.07) is 6.15. The van der Waals surface area contributed by atoms with Gasteiger partial charge in [-0.2, -0.15) is 26.3 Å². The summed E-state index contributed by atoms with van der Waals surface area (Å²) in [5.74, 6) is 0. The summed E-state index contributed by atoms with van der Waals surface area (Å²) in [6.07, 6.45) is 1.88. The Balaban J connectivity index is 0. The number of halogens is 6. The number of nitrogens with zero attached hydrogens (tertiary/aromatic N) is 4. The first-order valence-electron chi connectivity index (χ1n) is 9.27. The molecule has 207 valence electrons. The Morgan fingerprint density at radius 3 is 1.43 bits per heavy atom. The molecule has 1 aromatic heterocycles. The summed E-state index contributed by atoms with van der Waals surface area (Å²) in [6.45, 7) is 7.81. The summed E-state index contributed by atoms with van der Waals surface area (Å²) in [7, 11) is -7.77. The topological polar surface area (TPSA) is 137 Å². The number of pyridine rings is 1. The molecule has 0 atom stereocenters. The smallest absolute Gasteiger partial charge is 0.741 e. The van der Waals surface area contributed by atoms with E-state index in [1.807, 2.05) is 12.3 Å². The number of rotatable bonds is 2. The number of aromatic nitrogens is 1. The minimum Gasteiger partial charge on any atom is -0.741 e. The van der Waals surface area contributed by atoms with Crippen molar-refractivity contribution in [2.75, 3.05) is 53.4 Å². The number of hydrogen-bond donors (Lipinski definition) is 0. The largest absolute Gasteiger partial charge is 2.00 e. The van der Waals surface area contributed by atoms with Crippen molar-refractivity contribution in [1.29, 1.82) is 0 Å². The zero-order valence-corrected chi connectivity index (χ0v) is 21.1. The van der Waals surface area contributed by atoms with Crippen LogP contribution >= 0.6 is 0 Å². The van der Waals surface area contributed by atoms with Gasteiger partial charge in [0.1, 0.15) is 0 Å². The molecule has 0 aliphatic carbocycles. The van der Waals surface area contributed by atoms with Crippen LogP contribution in [0.2, 0.25) is 0 Å². The molecule has 1 aliphatic rings. The minimum absolute atomic E-state index is 0. The normalized spacial score (nSPS) is 17.3. The van der Waals surface area contributed by atoms with E-state index in [9.17, 15) is 26.3 Å². The average molecular weight is 605 g/mol. The Morgan fingerprint density at radius 1 is 0.800 bits per heavy atom. The van der Waals surface area contributed by atoms with Crippen LogP contribution < -0.4 is 0 Å². The van der Waals surface area contributed by atoms with Crippen LogP contribution in [0, 0.1) is 0 Å². The standard InChI is InChI=1S/C14H24N4.2CHF3O3S.Co/c1-16-7-8-17(2)10-12-18(11-9-16)13-14-5-3-4-6-15-14;2*2-1(3,4)8(5,6)7;/h3-6H,7-13H2,1-2H3;2*(H,5,6,7);/q;;;+2/p-2. The fourth-order valence-electron chi connectivity index (χ4n) is 2.18. The maximum absolute atomic E-state index is 10.7. The van der Waals surface area contributed by atoms with Gasteiger partial charge in [-0.05, 0) is 26.2 Å². The maximum atomic E-state index is 10.7. The second kappa shape index (κ2) is 15.2. The van der Waals surface area contributed by atoms with Crippen LogP contribution in [-0.4, -0.2) is 110 Å². The quantitative estimate of drug-likeness (QED) is 0.271. The third-order valence-electron chi connectivity index (χ3n) is 4.14. The fraction of sp³-hybridized carbons (Fsp3) is 0.688. The van der Waals surface area contributed by atoms with Gasteiger partial charge in [0.2, 0.25) is 0 Å². The van der Waals surface area contributed by atoms with Crippen LogP contribution in [0.3, 0.4) is 0 Å². The average Bonchev–Trinajstić information content (AvgIpc) is 2.73. The van der Waals surface area contributed by atoms with E-state index in [4.69, 9.17) is 25.9 Å². The molecule has 1 aliphatic heterocycles. The summed E-state index contributed by atoms with van der Waals surface area (Å²) < 4.78 is 118. The second-order valence-corrected chi connectivity index (χ2v) is 9.75. The zero-order valence-electron chi connectivity index (χ0n) is 18.4. The van der Waals surface area contributed by atoms with E-state index in [1.165, 1.54) is 5.69 Å². The molecular formula is C16H24CoF6N4O6S2. The molecule has 0 saturated carbocycles. The van der Waals surface area contributed by atoms with Crippen molar-refractivity contribution in [2.45, 2.75) is 17.6 Å². The molecule has 1 saturated heterocycles. The summed E-state index contributed by atoms with van der Waals surface area (Å²) in [4.78, 5) is 11.7. The van der Waals surface area contributed by atoms with Gasteiger partial charge < -0.3 is 18.9 Å². The molecule has 0 spiro atoms. The second-order valence-electron chi connectivity index (χ2n) is 7.00. The molecule has 0 bridgehead atoms. The first-order chi connectivity index (χ1) is 15.2. The van der Waals surface area contributed by atoms with Gasteiger partial charge in [0, 0.05) is 52.0 Å². The van der Waals surface area contributed by atoms with E-state index < -0.39 is 31.3 Å². The summed E-state index contributed by atoms with van der Waals surface area (Å²) in [5, 5.41) is 0. The Bertz CT molecular complexity index is 880. The van der Waals surface area contributed by atoms with Crippen LogP contribution in [0.1, 0.15) is 5.69 Å². The van der Waals surface area contributed by atoms with Crippen molar-refractivity contribution in [1.82, 2.24) is 19.7 Å². The fourth-order valence-corrected chi connectivity index (χ4v) is 2.18. The van der Waals surface area contributed by atoms with Crippen molar-refractivity contribution in [3.05, 3.63) is 30.1 Å². The third-order valence-corrected chi connectivity index (χ3v) is 5.27. The van der Waals surface area contributed by atoms with Crippen molar-refractivity contribution in [2.24, 2.45) is 0 Å². The van der Waals surface area contributed by atoms with Gasteiger partial charge >= 0.3 is 27.8 Å². The monoisotopic (exact) mass is 605 g/mol. The molecule has 10 nitrogen and oxygen atoms in total. The molecular weight excluding hydrogens is 581 g/mol. The van der Waals surface area contributed by atoms with Gasteiger partial charge in [-0.3, -0.25) is 9.88 Å². The van der Waals surface area contributed by atoms with E-state index in [2.05, 4.69) is 45.9 Å². The van der Waals surface area contributed by atoms with Gasteiger partial charge in [-0.25, -0.2) is 16.8 Å². The molecule has 19 heteroatoms. The van der Waals surface area contributed by atoms with Crippen LogP contribution in [0.15, 0.2) is 24.4 Å². The Labute approximate surface area is 210 Å². The van der Waals surface area contributed by atoms with E-state index >= 15 is 0 Å².